The van der Waals surface area contributed by atoms with Gasteiger partial charge in [-0.15, -0.1) is 0 Å². The predicted molar refractivity (Wildman–Crippen MR) is 77.3 cm³/mol. The summed E-state index contributed by atoms with van der Waals surface area (Å²) >= 11 is 5.73. The second kappa shape index (κ2) is 5.97. The third-order valence-corrected chi connectivity index (χ3v) is 3.16. The minimum atomic E-state index is -0.621. The molecule has 0 fully saturated rings. The van der Waals surface area contributed by atoms with E-state index in [1.807, 2.05) is 0 Å². The molecule has 0 bridgehead atoms. The van der Waals surface area contributed by atoms with Crippen LogP contribution in [0.15, 0.2) is 34.7 Å². The Labute approximate surface area is 126 Å². The van der Waals surface area contributed by atoms with Gasteiger partial charge in [0.2, 0.25) is 0 Å². The van der Waals surface area contributed by atoms with E-state index in [1.165, 1.54) is 23.1 Å². The van der Waals surface area contributed by atoms with Crippen LogP contribution in [0.5, 0.6) is 0 Å². The van der Waals surface area contributed by atoms with Crippen molar-refractivity contribution in [1.29, 1.82) is 0 Å². The Kier molecular flexibility index (Phi) is 4.28. The Hall–Kier alpha value is -2.34. The molecule has 0 aliphatic rings. The van der Waals surface area contributed by atoms with E-state index in [2.05, 4.69) is 0 Å². The number of aryl methyl sites for hydroxylation is 1. The van der Waals surface area contributed by atoms with E-state index in [0.717, 1.165) is 5.76 Å². The van der Waals surface area contributed by atoms with Crippen LogP contribution in [0, 0.1) is 17.0 Å². The van der Waals surface area contributed by atoms with Gasteiger partial charge in [0.05, 0.1) is 11.5 Å². The number of amides is 1. The highest BCUT2D eigenvalue weighted by atomic mass is 35.5. The van der Waals surface area contributed by atoms with Crippen molar-refractivity contribution >= 4 is 23.2 Å². The maximum atomic E-state index is 12.3. The normalized spacial score (nSPS) is 10.4. The summed E-state index contributed by atoms with van der Waals surface area (Å²) in [5.41, 5.74) is -0.315. The fourth-order valence-electron chi connectivity index (χ4n) is 1.92. The van der Waals surface area contributed by atoms with Gasteiger partial charge in [0.1, 0.15) is 17.1 Å². The zero-order chi connectivity index (χ0) is 15.6. The molecule has 0 aliphatic heterocycles. The molecular formula is C14H13ClN2O4. The Morgan fingerprint density at radius 2 is 2.10 bits per heavy atom. The molecular weight excluding hydrogens is 296 g/mol. The Morgan fingerprint density at radius 3 is 2.67 bits per heavy atom. The minimum Gasteiger partial charge on any atom is -0.464 e. The van der Waals surface area contributed by atoms with Crippen LogP contribution >= 0.6 is 11.6 Å². The molecule has 110 valence electrons. The highest BCUT2D eigenvalue weighted by Crippen LogP contribution is 2.24. The largest absolute Gasteiger partial charge is 0.464 e. The molecule has 0 atom stereocenters. The Balaban J connectivity index is 2.25. The number of benzene rings is 1. The second-order valence-corrected chi connectivity index (χ2v) is 5.03. The molecule has 1 aromatic carbocycles. The number of rotatable bonds is 4. The van der Waals surface area contributed by atoms with Gasteiger partial charge in [-0.1, -0.05) is 11.6 Å². The lowest BCUT2D eigenvalue weighted by molar-refractivity contribution is -0.385. The van der Waals surface area contributed by atoms with Crippen molar-refractivity contribution in [2.45, 2.75) is 13.5 Å². The lowest BCUT2D eigenvalue weighted by Crippen LogP contribution is -2.26. The number of nitro groups is 1. The van der Waals surface area contributed by atoms with Crippen molar-refractivity contribution in [1.82, 2.24) is 4.90 Å². The third-order valence-electron chi connectivity index (χ3n) is 2.92. The molecule has 1 amide bonds. The van der Waals surface area contributed by atoms with Crippen LogP contribution < -0.4 is 0 Å². The Bertz CT molecular complexity index is 696. The quantitative estimate of drug-likeness (QED) is 0.640. The molecule has 0 radical (unpaired) electrons. The molecule has 0 saturated carbocycles. The molecule has 1 aromatic heterocycles. The molecule has 2 rings (SSSR count). The fourth-order valence-corrected chi connectivity index (χ4v) is 2.08. The van der Waals surface area contributed by atoms with Crippen LogP contribution in [0.25, 0.3) is 0 Å². The van der Waals surface area contributed by atoms with Gasteiger partial charge in [-0.05, 0) is 31.2 Å². The minimum absolute atomic E-state index is 0.00446. The number of carbonyl (C=O) groups excluding carboxylic acids is 1. The van der Waals surface area contributed by atoms with Gasteiger partial charge in [-0.3, -0.25) is 14.9 Å². The number of nitrogens with zero attached hydrogens (tertiary/aromatic N) is 2. The maximum absolute atomic E-state index is 12.3. The molecule has 0 N–H and O–H groups in total. The summed E-state index contributed by atoms with van der Waals surface area (Å²) in [5, 5.41) is 11.2. The van der Waals surface area contributed by atoms with Crippen molar-refractivity contribution in [3.63, 3.8) is 0 Å². The summed E-state index contributed by atoms with van der Waals surface area (Å²) in [4.78, 5) is 24.1. The van der Waals surface area contributed by atoms with Crippen LogP contribution in [0.1, 0.15) is 21.9 Å². The van der Waals surface area contributed by atoms with Crippen molar-refractivity contribution < 1.29 is 14.1 Å². The average Bonchev–Trinajstić information content (AvgIpc) is 2.83. The van der Waals surface area contributed by atoms with Crippen molar-refractivity contribution in [2.24, 2.45) is 0 Å². The van der Waals surface area contributed by atoms with E-state index in [1.54, 1.807) is 26.1 Å². The lowest BCUT2D eigenvalue weighted by Gasteiger charge is -2.15. The van der Waals surface area contributed by atoms with E-state index in [-0.39, 0.29) is 22.8 Å². The molecule has 21 heavy (non-hydrogen) atoms. The van der Waals surface area contributed by atoms with Crippen LogP contribution in [0.3, 0.4) is 0 Å². The predicted octanol–water partition coefficient (Wildman–Crippen LogP) is 3.42. The molecule has 0 aliphatic carbocycles. The van der Waals surface area contributed by atoms with E-state index >= 15 is 0 Å². The standard InChI is InChI=1S/C14H13ClN2O4/c1-9-3-5-11(21-9)8-16(2)14(18)12-6-4-10(15)7-13(12)17(19)20/h3-7H,8H2,1-2H3. The zero-order valence-corrected chi connectivity index (χ0v) is 12.3. The van der Waals surface area contributed by atoms with Crippen LogP contribution in [0.2, 0.25) is 5.02 Å². The van der Waals surface area contributed by atoms with E-state index in [4.69, 9.17) is 16.0 Å². The first-order chi connectivity index (χ1) is 9.88. The summed E-state index contributed by atoms with van der Waals surface area (Å²) in [7, 11) is 1.55. The van der Waals surface area contributed by atoms with Crippen LogP contribution in [-0.2, 0) is 6.54 Å². The van der Waals surface area contributed by atoms with Crippen LogP contribution in [-0.4, -0.2) is 22.8 Å². The first kappa shape index (κ1) is 15.1. The van der Waals surface area contributed by atoms with Crippen molar-refractivity contribution in [3.8, 4) is 0 Å². The SMILES string of the molecule is Cc1ccc(CN(C)C(=O)c2ccc(Cl)cc2[N+](=O)[O-])o1. The molecule has 7 heteroatoms. The summed E-state index contributed by atoms with van der Waals surface area (Å²) < 4.78 is 5.39. The van der Waals surface area contributed by atoms with Gasteiger partial charge in [0.15, 0.2) is 0 Å². The topological polar surface area (TPSA) is 76.6 Å². The van der Waals surface area contributed by atoms with E-state index < -0.39 is 10.8 Å². The summed E-state index contributed by atoms with van der Waals surface area (Å²) in [5.74, 6) is 0.885. The van der Waals surface area contributed by atoms with Crippen LogP contribution in [0.4, 0.5) is 5.69 Å². The first-order valence-corrected chi connectivity index (χ1v) is 6.51. The summed E-state index contributed by atoms with van der Waals surface area (Å²) in [6.07, 6.45) is 0. The second-order valence-electron chi connectivity index (χ2n) is 4.59. The highest BCUT2D eigenvalue weighted by molar-refractivity contribution is 6.31. The van der Waals surface area contributed by atoms with Crippen molar-refractivity contribution in [3.05, 3.63) is 62.6 Å². The maximum Gasteiger partial charge on any atom is 0.283 e. The number of furan rings is 1. The highest BCUT2D eigenvalue weighted by Gasteiger charge is 2.23. The van der Waals surface area contributed by atoms with Gasteiger partial charge in [0, 0.05) is 18.1 Å². The zero-order valence-electron chi connectivity index (χ0n) is 11.5. The van der Waals surface area contributed by atoms with E-state index in [0.29, 0.717) is 5.76 Å². The van der Waals surface area contributed by atoms with Gasteiger partial charge in [-0.2, -0.15) is 0 Å². The number of halogens is 1. The van der Waals surface area contributed by atoms with Gasteiger partial charge >= 0.3 is 0 Å². The first-order valence-electron chi connectivity index (χ1n) is 6.13. The number of hydrogen-bond acceptors (Lipinski definition) is 4. The molecule has 0 spiro atoms. The van der Waals surface area contributed by atoms with Gasteiger partial charge < -0.3 is 9.32 Å². The fraction of sp³-hybridized carbons (Fsp3) is 0.214. The smallest absolute Gasteiger partial charge is 0.283 e. The van der Waals surface area contributed by atoms with Gasteiger partial charge in [-0.25, -0.2) is 0 Å². The molecule has 2 aromatic rings. The number of carbonyl (C=O) groups is 1. The van der Waals surface area contributed by atoms with Gasteiger partial charge in [0.25, 0.3) is 11.6 Å². The van der Waals surface area contributed by atoms with Crippen molar-refractivity contribution in [2.75, 3.05) is 7.05 Å². The molecule has 0 unspecified atom stereocenters. The molecule has 1 heterocycles. The monoisotopic (exact) mass is 308 g/mol. The summed E-state index contributed by atoms with van der Waals surface area (Å²) in [6.45, 7) is 2.03. The lowest BCUT2D eigenvalue weighted by atomic mass is 10.1. The molecule has 6 nitrogen and oxygen atoms in total. The molecule has 0 saturated heterocycles. The number of hydrogen-bond donors (Lipinski definition) is 0. The number of nitro benzene ring substituents is 1. The van der Waals surface area contributed by atoms with E-state index in [9.17, 15) is 14.9 Å². The Morgan fingerprint density at radius 1 is 1.38 bits per heavy atom. The third kappa shape index (κ3) is 3.41. The summed E-state index contributed by atoms with van der Waals surface area (Å²) in [6, 6.07) is 7.52. The average molecular weight is 309 g/mol.